The summed E-state index contributed by atoms with van der Waals surface area (Å²) in [6.07, 6.45) is 3.93. The first-order chi connectivity index (χ1) is 9.84. The fourth-order valence-electron chi connectivity index (χ4n) is 2.01. The summed E-state index contributed by atoms with van der Waals surface area (Å²) in [5.74, 6) is 0. The molecule has 1 unspecified atom stereocenters. The van der Waals surface area contributed by atoms with Crippen molar-refractivity contribution in [2.45, 2.75) is 25.9 Å². The van der Waals surface area contributed by atoms with Crippen LogP contribution in [0.2, 0.25) is 0 Å². The molecule has 1 N–H and O–H groups in total. The van der Waals surface area contributed by atoms with Gasteiger partial charge in [-0.25, -0.2) is 0 Å². The van der Waals surface area contributed by atoms with E-state index in [9.17, 15) is 4.89 Å². The van der Waals surface area contributed by atoms with Crippen molar-refractivity contribution in [3.63, 3.8) is 0 Å². The third kappa shape index (κ3) is 5.83. The summed E-state index contributed by atoms with van der Waals surface area (Å²) in [5, 5.41) is 0. The second-order valence-electron chi connectivity index (χ2n) is 4.78. The number of hydrogen-bond donors (Lipinski definition) is 1. The first kappa shape index (κ1) is 15.2. The molecular weight excluding hydrogens is 267 g/mol. The predicted molar refractivity (Wildman–Crippen MR) is 84.6 cm³/mol. The highest BCUT2D eigenvalue weighted by atomic mass is 31.2. The van der Waals surface area contributed by atoms with Gasteiger partial charge < -0.3 is 9.42 Å². The fourth-order valence-corrected chi connectivity index (χ4v) is 2.93. The van der Waals surface area contributed by atoms with Gasteiger partial charge in [0.1, 0.15) is 0 Å². The van der Waals surface area contributed by atoms with E-state index in [1.54, 1.807) is 0 Å². The van der Waals surface area contributed by atoms with Crippen LogP contribution in [0.15, 0.2) is 60.7 Å². The van der Waals surface area contributed by atoms with Crippen molar-refractivity contribution in [1.82, 2.24) is 0 Å². The molecule has 0 amide bonds. The Labute approximate surface area is 122 Å². The maximum Gasteiger partial charge on any atom is 0.168 e. The van der Waals surface area contributed by atoms with Gasteiger partial charge in [-0.15, -0.1) is 0 Å². The molecule has 0 heterocycles. The van der Waals surface area contributed by atoms with Crippen molar-refractivity contribution in [1.29, 1.82) is 0 Å². The molecule has 0 aromatic heterocycles. The van der Waals surface area contributed by atoms with Crippen molar-refractivity contribution in [3.05, 3.63) is 71.8 Å². The van der Waals surface area contributed by atoms with Crippen LogP contribution in [0, 0.1) is 0 Å². The highest BCUT2D eigenvalue weighted by Crippen LogP contribution is 2.33. The lowest BCUT2D eigenvalue weighted by Crippen LogP contribution is -1.93. The zero-order valence-electron chi connectivity index (χ0n) is 11.6. The lowest BCUT2D eigenvalue weighted by Gasteiger charge is -2.10. The Bertz CT molecular complexity index is 473. The summed E-state index contributed by atoms with van der Waals surface area (Å²) in [7, 11) is -1.28. The minimum absolute atomic E-state index is 0.502. The molecule has 0 bridgehead atoms. The molecule has 2 rings (SSSR count). The van der Waals surface area contributed by atoms with Gasteiger partial charge in [0.2, 0.25) is 0 Å². The third-order valence-corrected chi connectivity index (χ3v) is 4.26. The quantitative estimate of drug-likeness (QED) is 0.571. The minimum Gasteiger partial charge on any atom is -0.350 e. The van der Waals surface area contributed by atoms with Crippen LogP contribution in [0.1, 0.15) is 24.0 Å². The van der Waals surface area contributed by atoms with Crippen LogP contribution in [0.25, 0.3) is 0 Å². The summed E-state index contributed by atoms with van der Waals surface area (Å²) >= 11 is 0. The van der Waals surface area contributed by atoms with Crippen LogP contribution in [0.4, 0.5) is 0 Å². The molecule has 2 nitrogen and oxygen atoms in total. The van der Waals surface area contributed by atoms with Gasteiger partial charge in [-0.3, -0.25) is 0 Å². The minimum atomic E-state index is -1.28. The van der Waals surface area contributed by atoms with Gasteiger partial charge in [0.15, 0.2) is 8.38 Å². The van der Waals surface area contributed by atoms with Gasteiger partial charge in [0, 0.05) is 6.16 Å². The SMILES string of the molecule is OP(CCCCc1ccccc1)OCc1ccccc1. The molecule has 20 heavy (non-hydrogen) atoms. The fraction of sp³-hybridized carbons (Fsp3) is 0.294. The number of rotatable bonds is 8. The Morgan fingerprint density at radius 3 is 2.05 bits per heavy atom. The standard InChI is InChI=1S/C17H21O2P/c18-20(19-15-17-12-5-2-6-13-17)14-8-7-11-16-9-3-1-4-10-16/h1-6,9-10,12-13,18H,7-8,11,14-15H2. The summed E-state index contributed by atoms with van der Waals surface area (Å²) in [6, 6.07) is 20.4. The lowest BCUT2D eigenvalue weighted by molar-refractivity contribution is 0.298. The summed E-state index contributed by atoms with van der Waals surface area (Å²) in [6.45, 7) is 0.502. The van der Waals surface area contributed by atoms with E-state index < -0.39 is 8.38 Å². The van der Waals surface area contributed by atoms with Crippen molar-refractivity contribution in [3.8, 4) is 0 Å². The maximum atomic E-state index is 9.85. The predicted octanol–water partition coefficient (Wildman–Crippen LogP) is 4.53. The molecule has 2 aromatic rings. The summed E-state index contributed by atoms with van der Waals surface area (Å²) in [4.78, 5) is 9.85. The van der Waals surface area contributed by atoms with E-state index in [2.05, 4.69) is 24.3 Å². The van der Waals surface area contributed by atoms with Gasteiger partial charge in [-0.2, -0.15) is 0 Å². The molecule has 0 fully saturated rings. The van der Waals surface area contributed by atoms with Gasteiger partial charge in [-0.05, 0) is 30.4 Å². The van der Waals surface area contributed by atoms with E-state index in [1.807, 2.05) is 36.4 Å². The van der Waals surface area contributed by atoms with Crippen LogP contribution in [-0.2, 0) is 17.6 Å². The molecule has 2 aromatic carbocycles. The highest BCUT2D eigenvalue weighted by molar-refractivity contribution is 7.46. The first-order valence-corrected chi connectivity index (χ1v) is 8.41. The molecule has 0 saturated carbocycles. The van der Waals surface area contributed by atoms with E-state index in [1.165, 1.54) is 5.56 Å². The molecule has 3 heteroatoms. The molecule has 0 spiro atoms. The van der Waals surface area contributed by atoms with Crippen LogP contribution in [0.3, 0.4) is 0 Å². The maximum absolute atomic E-state index is 9.85. The highest BCUT2D eigenvalue weighted by Gasteiger charge is 2.05. The Morgan fingerprint density at radius 2 is 1.40 bits per heavy atom. The van der Waals surface area contributed by atoms with Crippen molar-refractivity contribution in [2.75, 3.05) is 6.16 Å². The molecule has 1 atom stereocenters. The van der Waals surface area contributed by atoms with E-state index in [0.29, 0.717) is 6.61 Å². The number of aryl methyl sites for hydroxylation is 1. The second kappa shape index (κ2) is 8.86. The zero-order chi connectivity index (χ0) is 14.0. The van der Waals surface area contributed by atoms with Crippen molar-refractivity contribution in [2.24, 2.45) is 0 Å². The Kier molecular flexibility index (Phi) is 6.73. The summed E-state index contributed by atoms with van der Waals surface area (Å²) < 4.78 is 5.50. The molecule has 0 aliphatic heterocycles. The molecule has 106 valence electrons. The van der Waals surface area contributed by atoms with Crippen LogP contribution in [-0.4, -0.2) is 11.1 Å². The number of unbranched alkanes of at least 4 members (excludes halogenated alkanes) is 1. The molecule has 0 saturated heterocycles. The van der Waals surface area contributed by atoms with Gasteiger partial charge in [0.25, 0.3) is 0 Å². The first-order valence-electron chi connectivity index (χ1n) is 7.02. The van der Waals surface area contributed by atoms with Crippen LogP contribution >= 0.6 is 8.38 Å². The number of benzene rings is 2. The summed E-state index contributed by atoms with van der Waals surface area (Å²) in [5.41, 5.74) is 2.47. The Morgan fingerprint density at radius 1 is 0.800 bits per heavy atom. The topological polar surface area (TPSA) is 29.5 Å². The van der Waals surface area contributed by atoms with Gasteiger partial charge in [0.05, 0.1) is 6.61 Å². The van der Waals surface area contributed by atoms with Crippen LogP contribution < -0.4 is 0 Å². The molecule has 0 aliphatic carbocycles. The third-order valence-electron chi connectivity index (χ3n) is 3.13. The van der Waals surface area contributed by atoms with E-state index >= 15 is 0 Å². The Balaban J connectivity index is 1.57. The smallest absolute Gasteiger partial charge is 0.168 e. The normalized spacial score (nSPS) is 12.2. The lowest BCUT2D eigenvalue weighted by atomic mass is 10.1. The number of hydrogen-bond acceptors (Lipinski definition) is 2. The average Bonchev–Trinajstić information content (AvgIpc) is 2.52. The van der Waals surface area contributed by atoms with Gasteiger partial charge in [-0.1, -0.05) is 60.7 Å². The van der Waals surface area contributed by atoms with Crippen molar-refractivity contribution >= 4 is 8.38 Å². The average molecular weight is 288 g/mol. The molecule has 0 aliphatic rings. The second-order valence-corrected chi connectivity index (χ2v) is 6.19. The molecule has 0 radical (unpaired) electrons. The Hall–Kier alpha value is -1.21. The van der Waals surface area contributed by atoms with Gasteiger partial charge >= 0.3 is 0 Å². The van der Waals surface area contributed by atoms with Crippen LogP contribution in [0.5, 0.6) is 0 Å². The van der Waals surface area contributed by atoms with E-state index in [-0.39, 0.29) is 0 Å². The molecular formula is C17H21O2P. The van der Waals surface area contributed by atoms with E-state index in [0.717, 1.165) is 31.0 Å². The van der Waals surface area contributed by atoms with Crippen molar-refractivity contribution < 1.29 is 9.42 Å². The monoisotopic (exact) mass is 288 g/mol. The largest absolute Gasteiger partial charge is 0.350 e. The zero-order valence-corrected chi connectivity index (χ0v) is 12.5. The van der Waals surface area contributed by atoms with E-state index in [4.69, 9.17) is 4.52 Å².